The smallest absolute Gasteiger partial charge is 0.225 e. The van der Waals surface area contributed by atoms with Crippen molar-refractivity contribution in [3.05, 3.63) is 6.42 Å². The lowest BCUT2D eigenvalue weighted by Gasteiger charge is -2.03. The van der Waals surface area contributed by atoms with Gasteiger partial charge in [-0.25, -0.2) is 0 Å². The molecule has 0 aliphatic rings. The van der Waals surface area contributed by atoms with Crippen LogP contribution in [0.15, 0.2) is 0 Å². The average molecular weight is 116 g/mol. The molecule has 3 nitrogen and oxygen atoms in total. The van der Waals surface area contributed by atoms with Crippen molar-refractivity contribution in [3.63, 3.8) is 0 Å². The molecule has 0 aliphatic heterocycles. The quantitative estimate of drug-likeness (QED) is 0.485. The molecular weight excluding hydrogens is 106 g/mol. The van der Waals surface area contributed by atoms with Crippen LogP contribution in [0.1, 0.15) is 13.8 Å². The predicted octanol–water partition coefficient (Wildman–Crippen LogP) is -0.335. The fraction of sp³-hybridized carbons (Fsp3) is 0.600. The molecule has 1 atom stereocenters. The van der Waals surface area contributed by atoms with Crippen molar-refractivity contribution in [3.8, 4) is 0 Å². The highest BCUT2D eigenvalue weighted by atomic mass is 16.3. The van der Waals surface area contributed by atoms with Crippen molar-refractivity contribution in [2.45, 2.75) is 20.1 Å². The van der Waals surface area contributed by atoms with Crippen LogP contribution < -0.4 is 5.32 Å². The zero-order valence-corrected chi connectivity index (χ0v) is 5.01. The van der Waals surface area contributed by atoms with Crippen molar-refractivity contribution in [1.29, 1.82) is 0 Å². The Balaban J connectivity index is 3.25. The van der Waals surface area contributed by atoms with E-state index in [0.29, 0.717) is 0 Å². The normalized spacial score (nSPS) is 12.9. The zero-order chi connectivity index (χ0) is 6.57. The van der Waals surface area contributed by atoms with Gasteiger partial charge in [0.05, 0.1) is 0 Å². The molecule has 47 valence electrons. The molecular formula is C5H10NO2. The second-order valence-electron chi connectivity index (χ2n) is 1.47. The lowest BCUT2D eigenvalue weighted by Crippen LogP contribution is -2.31. The van der Waals surface area contributed by atoms with Gasteiger partial charge in [-0.3, -0.25) is 4.79 Å². The first-order valence-electron chi connectivity index (χ1n) is 2.44. The Morgan fingerprint density at radius 1 is 1.88 bits per heavy atom. The largest absolute Gasteiger partial charge is 0.374 e. The first kappa shape index (κ1) is 7.43. The minimum absolute atomic E-state index is 0.250. The fourth-order valence-electron chi connectivity index (χ4n) is 0.289. The van der Waals surface area contributed by atoms with Crippen LogP contribution in [0.2, 0.25) is 0 Å². The number of nitrogens with one attached hydrogen (secondary N) is 1. The molecule has 1 unspecified atom stereocenters. The summed E-state index contributed by atoms with van der Waals surface area (Å²) in [5, 5.41) is 10.8. The Morgan fingerprint density at radius 2 is 2.38 bits per heavy atom. The van der Waals surface area contributed by atoms with E-state index in [1.54, 1.807) is 6.92 Å². The van der Waals surface area contributed by atoms with Crippen molar-refractivity contribution in [2.24, 2.45) is 0 Å². The van der Waals surface area contributed by atoms with Gasteiger partial charge in [0.15, 0.2) is 0 Å². The van der Waals surface area contributed by atoms with Gasteiger partial charge in [0, 0.05) is 6.42 Å². The van der Waals surface area contributed by atoms with Crippen LogP contribution in [0.5, 0.6) is 0 Å². The van der Waals surface area contributed by atoms with Gasteiger partial charge < -0.3 is 10.4 Å². The molecule has 0 fully saturated rings. The van der Waals surface area contributed by atoms with Gasteiger partial charge in [-0.05, 0) is 6.92 Å². The third-order valence-corrected chi connectivity index (χ3v) is 0.613. The number of rotatable bonds is 2. The highest BCUT2D eigenvalue weighted by Gasteiger charge is 1.97. The van der Waals surface area contributed by atoms with Crippen LogP contribution in [0.3, 0.4) is 0 Å². The van der Waals surface area contributed by atoms with Gasteiger partial charge >= 0.3 is 0 Å². The van der Waals surface area contributed by atoms with Gasteiger partial charge in [0.25, 0.3) is 0 Å². The van der Waals surface area contributed by atoms with Gasteiger partial charge in [0.1, 0.15) is 6.23 Å². The number of amides is 1. The Kier molecular flexibility index (Phi) is 3.19. The molecule has 0 aromatic rings. The standard InChI is InChI=1S/C5H10NO2/c1-3-5(8)6-4(2)7/h3-4,7H,1-2H3,(H,6,8). The molecule has 1 amide bonds. The molecule has 8 heavy (non-hydrogen) atoms. The maximum atomic E-state index is 10.3. The second-order valence-corrected chi connectivity index (χ2v) is 1.47. The van der Waals surface area contributed by atoms with Crippen LogP contribution >= 0.6 is 0 Å². The van der Waals surface area contributed by atoms with Crippen LogP contribution in [-0.2, 0) is 4.79 Å². The number of hydrogen-bond donors (Lipinski definition) is 2. The zero-order valence-electron chi connectivity index (χ0n) is 5.01. The molecule has 0 aromatic carbocycles. The molecule has 2 N–H and O–H groups in total. The van der Waals surface area contributed by atoms with Gasteiger partial charge in [-0.2, -0.15) is 0 Å². The van der Waals surface area contributed by atoms with E-state index in [1.165, 1.54) is 13.3 Å². The van der Waals surface area contributed by atoms with E-state index in [0.717, 1.165) is 0 Å². The summed E-state index contributed by atoms with van der Waals surface area (Å²) in [6.45, 7) is 3.10. The molecule has 1 radical (unpaired) electrons. The van der Waals surface area contributed by atoms with Crippen molar-refractivity contribution in [2.75, 3.05) is 0 Å². The first-order valence-corrected chi connectivity index (χ1v) is 2.44. The monoisotopic (exact) mass is 116 g/mol. The number of aliphatic hydroxyl groups excluding tert-OH is 1. The summed E-state index contributed by atoms with van der Waals surface area (Å²) in [6.07, 6.45) is 0.603. The highest BCUT2D eigenvalue weighted by Crippen LogP contribution is 1.75. The number of carbonyl (C=O) groups is 1. The molecule has 0 rings (SSSR count). The third-order valence-electron chi connectivity index (χ3n) is 0.613. The van der Waals surface area contributed by atoms with Crippen LogP contribution in [-0.4, -0.2) is 17.2 Å². The number of carbonyl (C=O) groups excluding carboxylic acids is 1. The van der Waals surface area contributed by atoms with Crippen LogP contribution in [0.4, 0.5) is 0 Å². The Hall–Kier alpha value is -0.570. The lowest BCUT2D eigenvalue weighted by molar-refractivity contribution is -0.120. The molecule has 0 heterocycles. The molecule has 0 spiro atoms. The van der Waals surface area contributed by atoms with E-state index in [4.69, 9.17) is 5.11 Å². The van der Waals surface area contributed by atoms with Gasteiger partial charge in [0.2, 0.25) is 5.91 Å². The number of aliphatic hydroxyl groups is 1. The summed E-state index contributed by atoms with van der Waals surface area (Å²) < 4.78 is 0. The third kappa shape index (κ3) is 3.61. The maximum absolute atomic E-state index is 10.3. The predicted molar refractivity (Wildman–Crippen MR) is 29.8 cm³/mol. The summed E-state index contributed by atoms with van der Waals surface area (Å²) in [5.41, 5.74) is 0. The SMILES string of the molecule is C[CH]C(=O)NC(C)O. The Bertz CT molecular complexity index is 80.5. The molecule has 0 saturated carbocycles. The molecule has 0 bridgehead atoms. The van der Waals surface area contributed by atoms with Crippen molar-refractivity contribution >= 4 is 5.91 Å². The van der Waals surface area contributed by atoms with Gasteiger partial charge in [-0.15, -0.1) is 0 Å². The molecule has 3 heteroatoms. The van der Waals surface area contributed by atoms with E-state index < -0.39 is 6.23 Å². The van der Waals surface area contributed by atoms with E-state index in [9.17, 15) is 4.79 Å². The topological polar surface area (TPSA) is 49.3 Å². The van der Waals surface area contributed by atoms with E-state index in [-0.39, 0.29) is 5.91 Å². The second kappa shape index (κ2) is 3.43. The molecule has 0 saturated heterocycles. The Labute approximate surface area is 48.7 Å². The van der Waals surface area contributed by atoms with E-state index >= 15 is 0 Å². The molecule has 0 aliphatic carbocycles. The van der Waals surface area contributed by atoms with Crippen molar-refractivity contribution < 1.29 is 9.90 Å². The Morgan fingerprint density at radius 3 is 2.50 bits per heavy atom. The fourth-order valence-corrected chi connectivity index (χ4v) is 0.289. The first-order chi connectivity index (χ1) is 3.66. The summed E-state index contributed by atoms with van der Waals surface area (Å²) in [4.78, 5) is 10.3. The average Bonchev–Trinajstić information content (AvgIpc) is 1.65. The summed E-state index contributed by atoms with van der Waals surface area (Å²) in [5.74, 6) is -0.250. The van der Waals surface area contributed by atoms with Crippen molar-refractivity contribution in [1.82, 2.24) is 5.32 Å². The minimum atomic E-state index is -0.751. The highest BCUT2D eigenvalue weighted by molar-refractivity contribution is 5.84. The minimum Gasteiger partial charge on any atom is -0.374 e. The molecule has 0 aromatic heterocycles. The summed E-state index contributed by atoms with van der Waals surface area (Å²) in [7, 11) is 0. The van der Waals surface area contributed by atoms with Crippen LogP contribution in [0.25, 0.3) is 0 Å². The van der Waals surface area contributed by atoms with Crippen LogP contribution in [0, 0.1) is 6.42 Å². The van der Waals surface area contributed by atoms with E-state index in [1.807, 2.05) is 0 Å². The summed E-state index contributed by atoms with van der Waals surface area (Å²) >= 11 is 0. The maximum Gasteiger partial charge on any atom is 0.225 e. The number of hydrogen-bond acceptors (Lipinski definition) is 2. The van der Waals surface area contributed by atoms with Gasteiger partial charge in [-0.1, -0.05) is 6.92 Å². The summed E-state index contributed by atoms with van der Waals surface area (Å²) in [6, 6.07) is 0. The lowest BCUT2D eigenvalue weighted by atomic mass is 10.4. The van der Waals surface area contributed by atoms with E-state index in [2.05, 4.69) is 5.32 Å².